The van der Waals surface area contributed by atoms with E-state index in [1.807, 2.05) is 11.9 Å². The first-order valence-electron chi connectivity index (χ1n) is 3.57. The molecule has 0 aromatic heterocycles. The van der Waals surface area contributed by atoms with Crippen LogP contribution in [0.3, 0.4) is 0 Å². The topological polar surface area (TPSA) is 37.4 Å². The van der Waals surface area contributed by atoms with Gasteiger partial charge in [-0.05, 0) is 7.05 Å². The Morgan fingerprint density at radius 2 is 2.18 bits per heavy atom. The first-order valence-corrected chi connectivity index (χ1v) is 3.57. The summed E-state index contributed by atoms with van der Waals surface area (Å²) in [5.74, 6) is 0. The molecular formula is C7H12BNO2. The fourth-order valence-electron chi connectivity index (χ4n) is 0.686. The molecule has 4 heteroatoms. The second kappa shape index (κ2) is 6.10. The summed E-state index contributed by atoms with van der Waals surface area (Å²) in [6.45, 7) is 1.32. The molecule has 0 spiro atoms. The van der Waals surface area contributed by atoms with Crippen LogP contribution in [0.1, 0.15) is 12.8 Å². The van der Waals surface area contributed by atoms with Crippen LogP contribution in [0.2, 0.25) is 0 Å². The molecule has 0 heterocycles. The molecule has 0 bridgehead atoms. The summed E-state index contributed by atoms with van der Waals surface area (Å²) < 4.78 is 0. The zero-order valence-corrected chi connectivity index (χ0v) is 6.75. The number of carbonyl (C=O) groups is 2. The Morgan fingerprint density at radius 3 is 2.64 bits per heavy atom. The minimum atomic E-state index is -0.303. The van der Waals surface area contributed by atoms with Crippen LogP contribution in [-0.2, 0) is 9.59 Å². The third kappa shape index (κ3) is 7.26. The quantitative estimate of drug-likeness (QED) is 0.384. The van der Waals surface area contributed by atoms with Gasteiger partial charge >= 0.3 is 0 Å². The zero-order chi connectivity index (χ0) is 8.69. The van der Waals surface area contributed by atoms with Gasteiger partial charge in [0.25, 0.3) is 0 Å². The van der Waals surface area contributed by atoms with Crippen LogP contribution < -0.4 is 0 Å². The second-order valence-electron chi connectivity index (χ2n) is 2.47. The zero-order valence-electron chi connectivity index (χ0n) is 6.75. The van der Waals surface area contributed by atoms with Crippen LogP contribution in [0.4, 0.5) is 0 Å². The van der Waals surface area contributed by atoms with Crippen LogP contribution in [0.5, 0.6) is 0 Å². The molecule has 0 N–H and O–H groups in total. The van der Waals surface area contributed by atoms with Crippen molar-refractivity contribution in [3.63, 3.8) is 0 Å². The van der Waals surface area contributed by atoms with E-state index in [0.29, 0.717) is 25.9 Å². The van der Waals surface area contributed by atoms with Crippen molar-refractivity contribution in [3.05, 3.63) is 0 Å². The highest BCUT2D eigenvalue weighted by atomic mass is 16.1. The van der Waals surface area contributed by atoms with E-state index in [-0.39, 0.29) is 5.68 Å². The monoisotopic (exact) mass is 153 g/mol. The van der Waals surface area contributed by atoms with Crippen LogP contribution >= 0.6 is 0 Å². The Kier molecular flexibility index (Phi) is 5.75. The normalized spacial score (nSPS) is 10.0. The molecule has 11 heavy (non-hydrogen) atoms. The number of hydrogen-bond donors (Lipinski definition) is 0. The van der Waals surface area contributed by atoms with Crippen LogP contribution in [0.15, 0.2) is 0 Å². The first kappa shape index (κ1) is 10.4. The van der Waals surface area contributed by atoms with Crippen molar-refractivity contribution in [1.29, 1.82) is 0 Å². The molecule has 3 nitrogen and oxygen atoms in total. The lowest BCUT2D eigenvalue weighted by atomic mass is 10.00. The number of nitrogens with zero attached hydrogens (tertiary/aromatic N) is 1. The lowest BCUT2D eigenvalue weighted by Crippen LogP contribution is -2.23. The predicted molar refractivity (Wildman–Crippen MR) is 43.6 cm³/mol. The largest absolute Gasteiger partial charge is 0.313 e. The highest BCUT2D eigenvalue weighted by Gasteiger charge is 1.98. The molecule has 0 fully saturated rings. The Labute approximate surface area is 68.2 Å². The molecule has 0 aliphatic carbocycles. The van der Waals surface area contributed by atoms with E-state index < -0.39 is 0 Å². The fourth-order valence-corrected chi connectivity index (χ4v) is 0.686. The second-order valence-corrected chi connectivity index (χ2v) is 2.47. The Hall–Kier alpha value is -0.635. The molecule has 0 amide bonds. The van der Waals surface area contributed by atoms with Gasteiger partial charge in [-0.15, -0.1) is 0 Å². The maximum Gasteiger partial charge on any atom is 0.167 e. The molecule has 2 radical (unpaired) electrons. The number of rotatable bonds is 6. The average Bonchev–Trinajstić information content (AvgIpc) is 1.97. The minimum absolute atomic E-state index is 0.303. The minimum Gasteiger partial charge on any atom is -0.313 e. The lowest BCUT2D eigenvalue weighted by Gasteiger charge is -2.13. The standard InChI is InChI=1S/C7H12BNO2/c1-9(4-2-6-10)5-3-7(8)11/h6H,2-5H2,1H3. The summed E-state index contributed by atoms with van der Waals surface area (Å²) in [5.41, 5.74) is -0.303. The Morgan fingerprint density at radius 1 is 1.55 bits per heavy atom. The molecule has 60 valence electrons. The molecule has 0 atom stereocenters. The van der Waals surface area contributed by atoms with Crippen LogP contribution in [0, 0.1) is 0 Å². The van der Waals surface area contributed by atoms with Crippen molar-refractivity contribution in [2.24, 2.45) is 0 Å². The summed E-state index contributed by atoms with van der Waals surface area (Å²) in [5, 5.41) is 0. The van der Waals surface area contributed by atoms with Gasteiger partial charge in [0.1, 0.15) is 6.29 Å². The maximum atomic E-state index is 10.3. The van der Waals surface area contributed by atoms with Crippen LogP contribution in [-0.4, -0.2) is 44.9 Å². The summed E-state index contributed by atoms with van der Waals surface area (Å²) in [6, 6.07) is 0. The molecule has 0 unspecified atom stereocenters. The van der Waals surface area contributed by atoms with E-state index in [0.717, 1.165) is 6.29 Å². The summed E-state index contributed by atoms with van der Waals surface area (Å²) in [4.78, 5) is 22.1. The smallest absolute Gasteiger partial charge is 0.167 e. The lowest BCUT2D eigenvalue weighted by molar-refractivity contribution is -0.112. The van der Waals surface area contributed by atoms with Gasteiger partial charge < -0.3 is 14.5 Å². The Balaban J connectivity index is 3.28. The van der Waals surface area contributed by atoms with E-state index in [2.05, 4.69) is 0 Å². The van der Waals surface area contributed by atoms with E-state index in [9.17, 15) is 9.59 Å². The SMILES string of the molecule is [B]C(=O)CCN(C)CCC=O. The molecule has 0 aliphatic heterocycles. The van der Waals surface area contributed by atoms with E-state index in [1.54, 1.807) is 0 Å². The first-order chi connectivity index (χ1) is 5.16. The molecule has 0 aliphatic rings. The van der Waals surface area contributed by atoms with Gasteiger partial charge in [0, 0.05) is 25.9 Å². The van der Waals surface area contributed by atoms with Gasteiger partial charge in [-0.3, -0.25) is 0 Å². The van der Waals surface area contributed by atoms with Gasteiger partial charge in [0.2, 0.25) is 0 Å². The van der Waals surface area contributed by atoms with Gasteiger partial charge in [-0.25, -0.2) is 0 Å². The van der Waals surface area contributed by atoms with E-state index in [4.69, 9.17) is 7.85 Å². The van der Waals surface area contributed by atoms with E-state index in [1.165, 1.54) is 0 Å². The maximum absolute atomic E-state index is 10.3. The average molecular weight is 153 g/mol. The predicted octanol–water partition coefficient (Wildman–Crippen LogP) is -0.408. The van der Waals surface area contributed by atoms with Crippen molar-refractivity contribution < 1.29 is 9.59 Å². The van der Waals surface area contributed by atoms with Gasteiger partial charge in [-0.1, -0.05) is 0 Å². The highest BCUT2D eigenvalue weighted by Crippen LogP contribution is 1.88. The van der Waals surface area contributed by atoms with Crippen LogP contribution in [0.25, 0.3) is 0 Å². The molecule has 0 saturated carbocycles. The van der Waals surface area contributed by atoms with Crippen molar-refractivity contribution in [3.8, 4) is 0 Å². The van der Waals surface area contributed by atoms with Crippen molar-refractivity contribution in [1.82, 2.24) is 4.90 Å². The fraction of sp³-hybridized carbons (Fsp3) is 0.714. The van der Waals surface area contributed by atoms with Gasteiger partial charge in [0.05, 0.1) is 5.68 Å². The van der Waals surface area contributed by atoms with Gasteiger partial charge in [0.15, 0.2) is 7.85 Å². The van der Waals surface area contributed by atoms with Crippen molar-refractivity contribution >= 4 is 19.8 Å². The van der Waals surface area contributed by atoms with Crippen molar-refractivity contribution in [2.45, 2.75) is 12.8 Å². The summed E-state index contributed by atoms with van der Waals surface area (Å²) in [7, 11) is 6.79. The number of hydrogen-bond acceptors (Lipinski definition) is 3. The Bertz CT molecular complexity index is 138. The molecule has 0 rings (SSSR count). The van der Waals surface area contributed by atoms with Gasteiger partial charge in [-0.2, -0.15) is 0 Å². The number of carbonyl (C=O) groups excluding carboxylic acids is 2. The third-order valence-corrected chi connectivity index (χ3v) is 1.37. The summed E-state index contributed by atoms with van der Waals surface area (Å²) >= 11 is 0. The molecule has 0 aromatic carbocycles. The molecular weight excluding hydrogens is 141 g/mol. The number of aldehydes is 1. The summed E-state index contributed by atoms with van der Waals surface area (Å²) in [6.07, 6.45) is 1.73. The highest BCUT2D eigenvalue weighted by molar-refractivity contribution is 6.57. The third-order valence-electron chi connectivity index (χ3n) is 1.37. The van der Waals surface area contributed by atoms with E-state index >= 15 is 0 Å². The molecule has 0 saturated heterocycles. The molecule has 0 aromatic rings. The van der Waals surface area contributed by atoms with Crippen molar-refractivity contribution in [2.75, 3.05) is 20.1 Å².